The first-order chi connectivity index (χ1) is 11.0. The zero-order valence-electron chi connectivity index (χ0n) is 12.7. The summed E-state index contributed by atoms with van der Waals surface area (Å²) in [6.45, 7) is 4.44. The highest BCUT2D eigenvalue weighted by Gasteiger charge is 2.31. The van der Waals surface area contributed by atoms with Crippen LogP contribution in [0, 0.1) is 11.6 Å². The quantitative estimate of drug-likeness (QED) is 0.936. The molecule has 0 spiro atoms. The summed E-state index contributed by atoms with van der Waals surface area (Å²) in [7, 11) is 0. The molecule has 122 valence electrons. The predicted octanol–water partition coefficient (Wildman–Crippen LogP) is 2.44. The molecule has 1 saturated heterocycles. The lowest BCUT2D eigenvalue weighted by Gasteiger charge is -2.40. The molecule has 0 unspecified atom stereocenters. The standard InChI is InChI=1S/C15H16F2N4O2/c1-8-5-6-21(8)14(22)9(2)18-15-20-19-13(23-15)10-3-4-11(16)12(17)7-10/h3-4,7-9H,5-6H2,1-2H3,(H,18,20)/t8-,9+/m0/s1. The number of nitrogens with one attached hydrogen (secondary N) is 1. The number of carbonyl (C=O) groups excluding carboxylic acids is 1. The summed E-state index contributed by atoms with van der Waals surface area (Å²) in [5.74, 6) is -1.94. The lowest BCUT2D eigenvalue weighted by Crippen LogP contribution is -2.53. The molecular weight excluding hydrogens is 306 g/mol. The van der Waals surface area contributed by atoms with Crippen LogP contribution in [0.15, 0.2) is 22.6 Å². The minimum Gasteiger partial charge on any atom is -0.403 e. The number of hydrogen-bond donors (Lipinski definition) is 1. The molecule has 23 heavy (non-hydrogen) atoms. The van der Waals surface area contributed by atoms with Crippen LogP contribution >= 0.6 is 0 Å². The number of likely N-dealkylation sites (tertiary alicyclic amines) is 1. The Hall–Kier alpha value is -2.51. The number of halogens is 2. The van der Waals surface area contributed by atoms with Crippen LogP contribution in [0.4, 0.5) is 14.8 Å². The maximum atomic E-state index is 13.2. The molecule has 1 aliphatic rings. The minimum atomic E-state index is -0.995. The molecule has 1 aromatic heterocycles. The van der Waals surface area contributed by atoms with E-state index in [-0.39, 0.29) is 29.4 Å². The van der Waals surface area contributed by atoms with Crippen LogP contribution in [0.3, 0.4) is 0 Å². The number of carbonyl (C=O) groups is 1. The number of hydrogen-bond acceptors (Lipinski definition) is 5. The molecule has 0 bridgehead atoms. The van der Waals surface area contributed by atoms with Gasteiger partial charge < -0.3 is 14.6 Å². The Morgan fingerprint density at radius 1 is 1.39 bits per heavy atom. The van der Waals surface area contributed by atoms with Gasteiger partial charge in [0.15, 0.2) is 11.6 Å². The van der Waals surface area contributed by atoms with E-state index in [1.165, 1.54) is 6.07 Å². The Bertz CT molecular complexity index is 734. The fraction of sp³-hybridized carbons (Fsp3) is 0.400. The van der Waals surface area contributed by atoms with E-state index in [4.69, 9.17) is 4.42 Å². The maximum Gasteiger partial charge on any atom is 0.316 e. The zero-order valence-corrected chi connectivity index (χ0v) is 12.7. The summed E-state index contributed by atoms with van der Waals surface area (Å²) < 4.78 is 31.5. The molecule has 0 radical (unpaired) electrons. The first-order valence-electron chi connectivity index (χ1n) is 7.31. The molecule has 0 saturated carbocycles. The largest absolute Gasteiger partial charge is 0.403 e. The highest BCUT2D eigenvalue weighted by Crippen LogP contribution is 2.23. The SMILES string of the molecule is C[C@@H](Nc1nnc(-c2ccc(F)c(F)c2)o1)C(=O)N1CC[C@@H]1C. The van der Waals surface area contributed by atoms with Gasteiger partial charge in [-0.1, -0.05) is 5.10 Å². The van der Waals surface area contributed by atoms with Gasteiger partial charge in [-0.2, -0.15) is 0 Å². The van der Waals surface area contributed by atoms with Gasteiger partial charge in [0.2, 0.25) is 11.8 Å². The number of amides is 1. The average Bonchev–Trinajstić information content (AvgIpc) is 2.96. The smallest absolute Gasteiger partial charge is 0.316 e. The van der Waals surface area contributed by atoms with Crippen molar-refractivity contribution in [3.63, 3.8) is 0 Å². The monoisotopic (exact) mass is 322 g/mol. The molecule has 1 aliphatic heterocycles. The first kappa shape index (κ1) is 15.4. The van der Waals surface area contributed by atoms with Crippen molar-refractivity contribution in [2.24, 2.45) is 0 Å². The van der Waals surface area contributed by atoms with E-state index in [1.54, 1.807) is 11.8 Å². The van der Waals surface area contributed by atoms with Gasteiger partial charge in [-0.05, 0) is 38.5 Å². The highest BCUT2D eigenvalue weighted by atomic mass is 19.2. The topological polar surface area (TPSA) is 71.3 Å². The van der Waals surface area contributed by atoms with Crippen LogP contribution in [0.2, 0.25) is 0 Å². The molecule has 8 heteroatoms. The van der Waals surface area contributed by atoms with Crippen LogP contribution < -0.4 is 5.32 Å². The fourth-order valence-corrected chi connectivity index (χ4v) is 2.37. The number of anilines is 1. The van der Waals surface area contributed by atoms with Gasteiger partial charge in [0.1, 0.15) is 6.04 Å². The molecule has 1 fully saturated rings. The Kier molecular flexibility index (Phi) is 3.97. The highest BCUT2D eigenvalue weighted by molar-refractivity contribution is 5.84. The fourth-order valence-electron chi connectivity index (χ4n) is 2.37. The molecular formula is C15H16F2N4O2. The van der Waals surface area contributed by atoms with Gasteiger partial charge in [0, 0.05) is 18.2 Å². The molecule has 1 amide bonds. The van der Waals surface area contributed by atoms with Crippen LogP contribution in [-0.4, -0.2) is 39.6 Å². The third kappa shape index (κ3) is 3.01. The van der Waals surface area contributed by atoms with Crippen molar-refractivity contribution in [1.29, 1.82) is 0 Å². The second-order valence-corrected chi connectivity index (χ2v) is 5.58. The maximum absolute atomic E-state index is 13.2. The summed E-state index contributed by atoms with van der Waals surface area (Å²) in [4.78, 5) is 13.9. The third-order valence-corrected chi connectivity index (χ3v) is 3.90. The number of rotatable bonds is 4. The molecule has 3 rings (SSSR count). The second-order valence-electron chi connectivity index (χ2n) is 5.58. The molecule has 6 nitrogen and oxygen atoms in total. The lowest BCUT2D eigenvalue weighted by molar-refractivity contribution is -0.138. The van der Waals surface area contributed by atoms with Crippen molar-refractivity contribution in [1.82, 2.24) is 15.1 Å². The predicted molar refractivity (Wildman–Crippen MR) is 78.5 cm³/mol. The van der Waals surface area contributed by atoms with E-state index in [2.05, 4.69) is 15.5 Å². The van der Waals surface area contributed by atoms with Crippen molar-refractivity contribution < 1.29 is 18.0 Å². The van der Waals surface area contributed by atoms with Gasteiger partial charge in [0.05, 0.1) is 0 Å². The van der Waals surface area contributed by atoms with E-state index in [1.807, 2.05) is 6.92 Å². The van der Waals surface area contributed by atoms with E-state index < -0.39 is 17.7 Å². The van der Waals surface area contributed by atoms with E-state index in [9.17, 15) is 13.6 Å². The molecule has 2 aromatic rings. The molecule has 0 aliphatic carbocycles. The summed E-state index contributed by atoms with van der Waals surface area (Å²) in [6.07, 6.45) is 0.999. The molecule has 1 N–H and O–H groups in total. The third-order valence-electron chi connectivity index (χ3n) is 3.90. The average molecular weight is 322 g/mol. The van der Waals surface area contributed by atoms with Crippen LogP contribution in [-0.2, 0) is 4.79 Å². The van der Waals surface area contributed by atoms with E-state index in [0.29, 0.717) is 0 Å². The van der Waals surface area contributed by atoms with Gasteiger partial charge >= 0.3 is 6.01 Å². The summed E-state index contributed by atoms with van der Waals surface area (Å²) in [6, 6.07) is 3.08. The van der Waals surface area contributed by atoms with Gasteiger partial charge in [-0.15, -0.1) is 5.10 Å². The molecule has 1 aromatic carbocycles. The van der Waals surface area contributed by atoms with Crippen LogP contribution in [0.1, 0.15) is 20.3 Å². The molecule has 2 heterocycles. The number of nitrogens with zero attached hydrogens (tertiary/aromatic N) is 3. The Morgan fingerprint density at radius 2 is 2.17 bits per heavy atom. The summed E-state index contributed by atoms with van der Waals surface area (Å²) in [5, 5.41) is 10.4. The van der Waals surface area contributed by atoms with Gasteiger partial charge in [0.25, 0.3) is 0 Å². The van der Waals surface area contributed by atoms with Crippen molar-refractivity contribution >= 4 is 11.9 Å². The Balaban J connectivity index is 1.69. The van der Waals surface area contributed by atoms with Crippen molar-refractivity contribution in [3.8, 4) is 11.5 Å². The van der Waals surface area contributed by atoms with Crippen molar-refractivity contribution in [3.05, 3.63) is 29.8 Å². The zero-order chi connectivity index (χ0) is 16.6. The Labute approximate surface area is 131 Å². The Morgan fingerprint density at radius 3 is 2.78 bits per heavy atom. The summed E-state index contributed by atoms with van der Waals surface area (Å²) >= 11 is 0. The van der Waals surface area contributed by atoms with Crippen LogP contribution in [0.25, 0.3) is 11.5 Å². The van der Waals surface area contributed by atoms with Crippen molar-refractivity contribution in [2.45, 2.75) is 32.4 Å². The second kappa shape index (κ2) is 5.94. The lowest BCUT2D eigenvalue weighted by atomic mass is 10.0. The van der Waals surface area contributed by atoms with Crippen molar-refractivity contribution in [2.75, 3.05) is 11.9 Å². The van der Waals surface area contributed by atoms with E-state index >= 15 is 0 Å². The minimum absolute atomic E-state index is 0.0448. The van der Waals surface area contributed by atoms with Crippen LogP contribution in [0.5, 0.6) is 0 Å². The van der Waals surface area contributed by atoms with Gasteiger partial charge in [-0.3, -0.25) is 4.79 Å². The molecule has 2 atom stereocenters. The number of benzene rings is 1. The first-order valence-corrected chi connectivity index (χ1v) is 7.31. The van der Waals surface area contributed by atoms with E-state index in [0.717, 1.165) is 25.1 Å². The number of aromatic nitrogens is 2. The normalized spacial score (nSPS) is 18.4. The summed E-state index contributed by atoms with van der Waals surface area (Å²) in [5.41, 5.74) is 0.264. The van der Waals surface area contributed by atoms with Gasteiger partial charge in [-0.25, -0.2) is 8.78 Å².